The van der Waals surface area contributed by atoms with Gasteiger partial charge in [-0.25, -0.2) is 4.98 Å². The molecule has 0 fully saturated rings. The molecule has 1 amide bonds. The molecule has 0 radical (unpaired) electrons. The average Bonchev–Trinajstić information content (AvgIpc) is 3.24. The number of ether oxygens (including phenoxy) is 1. The summed E-state index contributed by atoms with van der Waals surface area (Å²) in [6.45, 7) is 4.65. The topological polar surface area (TPSA) is 62.7 Å². The van der Waals surface area contributed by atoms with Crippen LogP contribution in [0.3, 0.4) is 0 Å². The molecule has 0 aliphatic rings. The molecule has 164 valence electrons. The van der Waals surface area contributed by atoms with E-state index >= 15 is 0 Å². The van der Waals surface area contributed by atoms with Crippen molar-refractivity contribution in [3.05, 3.63) is 79.2 Å². The Hall–Kier alpha value is -1.93. The van der Waals surface area contributed by atoms with Crippen molar-refractivity contribution < 1.29 is 14.6 Å². The maximum atomic E-state index is 13.3. The van der Waals surface area contributed by atoms with Gasteiger partial charge in [0.05, 0.1) is 12.3 Å². The van der Waals surface area contributed by atoms with Crippen molar-refractivity contribution >= 4 is 44.8 Å². The molecule has 1 unspecified atom stereocenters. The van der Waals surface area contributed by atoms with E-state index in [-0.39, 0.29) is 25.2 Å². The van der Waals surface area contributed by atoms with Gasteiger partial charge in [0, 0.05) is 38.6 Å². The Labute approximate surface area is 199 Å². The molecule has 1 aromatic heterocycles. The zero-order valence-electron chi connectivity index (χ0n) is 17.3. The second-order valence-corrected chi connectivity index (χ2v) is 9.43. The van der Waals surface area contributed by atoms with Gasteiger partial charge in [-0.05, 0) is 49.7 Å². The highest BCUT2D eigenvalue weighted by atomic mass is 79.9. The van der Waals surface area contributed by atoms with Crippen molar-refractivity contribution in [2.45, 2.75) is 46.1 Å². The Bertz CT molecular complexity index is 1040. The largest absolute Gasteiger partial charge is 0.486 e. The van der Waals surface area contributed by atoms with Gasteiger partial charge in [-0.3, -0.25) is 4.79 Å². The molecule has 3 rings (SSSR count). The number of nitrogens with zero attached hydrogens (tertiary/aromatic N) is 2. The summed E-state index contributed by atoms with van der Waals surface area (Å²) in [5.74, 6) is 0.606. The number of aliphatic hydroxyl groups is 1. The second-order valence-electron chi connectivity index (χ2n) is 7.13. The van der Waals surface area contributed by atoms with Crippen molar-refractivity contribution in [1.29, 1.82) is 0 Å². The summed E-state index contributed by atoms with van der Waals surface area (Å²) >= 11 is 11.1. The van der Waals surface area contributed by atoms with Crippen molar-refractivity contribution in [3.8, 4) is 5.75 Å². The predicted molar refractivity (Wildman–Crippen MR) is 128 cm³/mol. The van der Waals surface area contributed by atoms with Gasteiger partial charge in [-0.1, -0.05) is 40.5 Å². The molecule has 1 N–H and O–H groups in total. The van der Waals surface area contributed by atoms with Crippen LogP contribution in [0.15, 0.2) is 52.3 Å². The second kappa shape index (κ2) is 11.1. The average molecular weight is 524 g/mol. The van der Waals surface area contributed by atoms with E-state index in [1.807, 2.05) is 53.6 Å². The summed E-state index contributed by atoms with van der Waals surface area (Å²) in [5, 5.41) is 12.4. The number of aromatic nitrogens is 1. The smallest absolute Gasteiger partial charge is 0.254 e. The van der Waals surface area contributed by atoms with Gasteiger partial charge in [-0.2, -0.15) is 0 Å². The van der Waals surface area contributed by atoms with E-state index in [0.717, 1.165) is 21.5 Å². The maximum Gasteiger partial charge on any atom is 0.254 e. The molecule has 2 aromatic carbocycles. The highest BCUT2D eigenvalue weighted by molar-refractivity contribution is 9.10. The van der Waals surface area contributed by atoms with Gasteiger partial charge in [-0.15, -0.1) is 11.3 Å². The lowest BCUT2D eigenvalue weighted by Gasteiger charge is -2.29. The minimum atomic E-state index is -0.0930. The number of halogens is 2. The molecule has 0 aliphatic carbocycles. The quantitative estimate of drug-likeness (QED) is 0.370. The van der Waals surface area contributed by atoms with E-state index in [0.29, 0.717) is 28.6 Å². The van der Waals surface area contributed by atoms with Crippen LogP contribution in [0.1, 0.15) is 46.9 Å². The Morgan fingerprint density at radius 2 is 2.13 bits per heavy atom. The highest BCUT2D eigenvalue weighted by Crippen LogP contribution is 2.28. The number of hydrogen-bond acceptors (Lipinski definition) is 5. The molecule has 0 spiro atoms. The molecule has 0 aliphatic heterocycles. The normalized spacial score (nSPS) is 11.9. The fourth-order valence-electron chi connectivity index (χ4n) is 3.06. The van der Waals surface area contributed by atoms with Gasteiger partial charge in [0.15, 0.2) is 0 Å². The predicted octanol–water partition coefficient (Wildman–Crippen LogP) is 6.07. The number of benzene rings is 2. The molecule has 0 saturated heterocycles. The molecule has 0 saturated carbocycles. The molecule has 0 bridgehead atoms. The van der Waals surface area contributed by atoms with Crippen LogP contribution in [0.5, 0.6) is 5.75 Å². The minimum Gasteiger partial charge on any atom is -0.486 e. The molecule has 1 atom stereocenters. The number of carbonyl (C=O) groups excluding carboxylic acids is 1. The van der Waals surface area contributed by atoms with Gasteiger partial charge >= 0.3 is 0 Å². The van der Waals surface area contributed by atoms with Crippen molar-refractivity contribution in [2.24, 2.45) is 0 Å². The van der Waals surface area contributed by atoms with Crippen LogP contribution in [0.4, 0.5) is 0 Å². The standard InChI is InChI=1S/C23H24BrClN2O3S/c1-3-15(2)27(23(29)16-5-4-6-18(24)9-16)11-17-10-19(25)7-8-21(17)30-13-22-26-20(12-28)14-31-22/h4-10,14-15,28H,3,11-13H2,1-2H3. The number of amides is 1. The van der Waals surface area contributed by atoms with Crippen LogP contribution in [-0.2, 0) is 19.8 Å². The number of aliphatic hydroxyl groups excluding tert-OH is 1. The van der Waals surface area contributed by atoms with Gasteiger partial charge in [0.25, 0.3) is 5.91 Å². The SMILES string of the molecule is CCC(C)N(Cc1cc(Cl)ccc1OCc1nc(CO)cs1)C(=O)c1cccc(Br)c1. The summed E-state index contributed by atoms with van der Waals surface area (Å²) < 4.78 is 6.88. The molecule has 3 aromatic rings. The summed E-state index contributed by atoms with van der Waals surface area (Å²) in [6, 6.07) is 12.9. The first-order valence-electron chi connectivity index (χ1n) is 9.93. The third-order valence-electron chi connectivity index (χ3n) is 4.93. The first kappa shape index (κ1) is 23.7. The highest BCUT2D eigenvalue weighted by Gasteiger charge is 2.23. The maximum absolute atomic E-state index is 13.3. The van der Waals surface area contributed by atoms with E-state index in [4.69, 9.17) is 16.3 Å². The molecular formula is C23H24BrClN2O3S. The van der Waals surface area contributed by atoms with E-state index in [1.165, 1.54) is 11.3 Å². The fourth-order valence-corrected chi connectivity index (χ4v) is 4.35. The number of thiazole rings is 1. The van der Waals surface area contributed by atoms with E-state index in [9.17, 15) is 9.90 Å². The van der Waals surface area contributed by atoms with Crippen molar-refractivity contribution in [3.63, 3.8) is 0 Å². The number of carbonyl (C=O) groups is 1. The third kappa shape index (κ3) is 6.29. The number of rotatable bonds is 9. The molecule has 1 heterocycles. The van der Waals surface area contributed by atoms with Crippen LogP contribution in [0.2, 0.25) is 5.02 Å². The minimum absolute atomic E-state index is 0.0318. The lowest BCUT2D eigenvalue weighted by atomic mass is 10.1. The fraction of sp³-hybridized carbons (Fsp3) is 0.304. The third-order valence-corrected chi connectivity index (χ3v) is 6.53. The van der Waals surface area contributed by atoms with E-state index in [1.54, 1.807) is 6.07 Å². The van der Waals surface area contributed by atoms with Crippen LogP contribution in [0, 0.1) is 0 Å². The van der Waals surface area contributed by atoms with Gasteiger partial charge < -0.3 is 14.7 Å². The zero-order chi connectivity index (χ0) is 22.4. The van der Waals surface area contributed by atoms with Crippen LogP contribution in [-0.4, -0.2) is 26.9 Å². The van der Waals surface area contributed by atoms with Crippen LogP contribution >= 0.6 is 38.9 Å². The Morgan fingerprint density at radius 1 is 1.32 bits per heavy atom. The lowest BCUT2D eigenvalue weighted by molar-refractivity contribution is 0.0669. The summed E-state index contributed by atoms with van der Waals surface area (Å²) in [6.07, 6.45) is 0.819. The number of hydrogen-bond donors (Lipinski definition) is 1. The Morgan fingerprint density at radius 3 is 2.81 bits per heavy atom. The first-order chi connectivity index (χ1) is 14.9. The lowest BCUT2D eigenvalue weighted by Crippen LogP contribution is -2.37. The molecule has 8 heteroatoms. The van der Waals surface area contributed by atoms with Gasteiger partial charge in [0.1, 0.15) is 17.4 Å². The van der Waals surface area contributed by atoms with Gasteiger partial charge in [0.2, 0.25) is 0 Å². The first-order valence-corrected chi connectivity index (χ1v) is 12.0. The summed E-state index contributed by atoms with van der Waals surface area (Å²) in [4.78, 5) is 19.5. The Kier molecular flexibility index (Phi) is 8.49. The zero-order valence-corrected chi connectivity index (χ0v) is 20.5. The monoisotopic (exact) mass is 522 g/mol. The Balaban J connectivity index is 1.84. The van der Waals surface area contributed by atoms with Crippen LogP contribution < -0.4 is 4.74 Å². The molecule has 5 nitrogen and oxygen atoms in total. The molecule has 31 heavy (non-hydrogen) atoms. The van der Waals surface area contributed by atoms with Crippen molar-refractivity contribution in [1.82, 2.24) is 9.88 Å². The summed E-state index contributed by atoms with van der Waals surface area (Å²) in [7, 11) is 0. The molecular weight excluding hydrogens is 500 g/mol. The van der Waals surface area contributed by atoms with E-state index in [2.05, 4.69) is 27.8 Å². The van der Waals surface area contributed by atoms with Crippen LogP contribution in [0.25, 0.3) is 0 Å². The summed E-state index contributed by atoms with van der Waals surface area (Å²) in [5.41, 5.74) is 2.08. The van der Waals surface area contributed by atoms with Crippen molar-refractivity contribution in [2.75, 3.05) is 0 Å². The van der Waals surface area contributed by atoms with E-state index < -0.39 is 0 Å².